The monoisotopic (exact) mass is 208 g/mol. The third-order valence-electron chi connectivity index (χ3n) is 2.70. The molecule has 0 aromatic carbocycles. The molecule has 1 aromatic rings. The van der Waals surface area contributed by atoms with Crippen LogP contribution in [-0.2, 0) is 4.74 Å². The molecule has 0 radical (unpaired) electrons. The number of nitrogen functional groups attached to an aromatic ring is 1. The van der Waals surface area contributed by atoms with Gasteiger partial charge in [0.25, 0.3) is 0 Å². The maximum atomic E-state index is 5.55. The zero-order valence-electron chi connectivity index (χ0n) is 8.81. The summed E-state index contributed by atoms with van der Waals surface area (Å²) in [4.78, 5) is 8.13. The van der Waals surface area contributed by atoms with Crippen molar-refractivity contribution in [3.63, 3.8) is 0 Å². The first kappa shape index (κ1) is 10.2. The van der Waals surface area contributed by atoms with Gasteiger partial charge in [0.1, 0.15) is 11.6 Å². The molecular weight excluding hydrogens is 192 g/mol. The van der Waals surface area contributed by atoms with Crippen molar-refractivity contribution < 1.29 is 4.74 Å². The lowest BCUT2D eigenvalue weighted by molar-refractivity contribution is 0.183. The van der Waals surface area contributed by atoms with Crippen LogP contribution in [0.4, 0.5) is 11.6 Å². The third-order valence-corrected chi connectivity index (χ3v) is 2.70. The second-order valence-electron chi connectivity index (χ2n) is 3.89. The van der Waals surface area contributed by atoms with Gasteiger partial charge in [-0.3, -0.25) is 4.98 Å². The van der Waals surface area contributed by atoms with Gasteiger partial charge in [0.2, 0.25) is 0 Å². The molecule has 3 N–H and O–H groups in total. The Morgan fingerprint density at radius 1 is 1.60 bits per heavy atom. The van der Waals surface area contributed by atoms with Crippen LogP contribution in [0.1, 0.15) is 13.3 Å². The van der Waals surface area contributed by atoms with Crippen LogP contribution in [0.3, 0.4) is 0 Å². The predicted molar refractivity (Wildman–Crippen MR) is 58.5 cm³/mol. The van der Waals surface area contributed by atoms with Crippen LogP contribution in [0.5, 0.6) is 0 Å². The Hall–Kier alpha value is -1.36. The maximum Gasteiger partial charge on any atom is 0.147 e. The van der Waals surface area contributed by atoms with Gasteiger partial charge >= 0.3 is 0 Å². The van der Waals surface area contributed by atoms with E-state index in [-0.39, 0.29) is 0 Å². The molecule has 2 atom stereocenters. The van der Waals surface area contributed by atoms with E-state index in [0.717, 1.165) is 25.5 Å². The first-order valence-electron chi connectivity index (χ1n) is 5.17. The molecule has 1 fully saturated rings. The summed E-state index contributed by atoms with van der Waals surface area (Å²) in [5, 5.41) is 3.29. The molecule has 5 nitrogen and oxygen atoms in total. The molecular formula is C10H16N4O. The van der Waals surface area contributed by atoms with Crippen molar-refractivity contribution in [3.05, 3.63) is 12.4 Å². The lowest BCUT2D eigenvalue weighted by Gasteiger charge is -2.19. The highest BCUT2D eigenvalue weighted by Gasteiger charge is 2.22. The van der Waals surface area contributed by atoms with Crippen LogP contribution in [0.2, 0.25) is 0 Å². The van der Waals surface area contributed by atoms with Gasteiger partial charge in [0.05, 0.1) is 19.0 Å². The minimum atomic E-state index is 0.337. The van der Waals surface area contributed by atoms with Crippen LogP contribution in [0.15, 0.2) is 12.4 Å². The van der Waals surface area contributed by atoms with Crippen molar-refractivity contribution in [1.29, 1.82) is 0 Å². The minimum absolute atomic E-state index is 0.337. The number of hydrogen-bond donors (Lipinski definition) is 2. The van der Waals surface area contributed by atoms with Gasteiger partial charge < -0.3 is 15.8 Å². The highest BCUT2D eigenvalue weighted by Crippen LogP contribution is 2.19. The zero-order chi connectivity index (χ0) is 10.7. The number of anilines is 2. The van der Waals surface area contributed by atoms with Gasteiger partial charge in [-0.1, -0.05) is 0 Å². The molecule has 5 heteroatoms. The first-order valence-corrected chi connectivity index (χ1v) is 5.17. The highest BCUT2D eigenvalue weighted by atomic mass is 16.5. The molecule has 0 bridgehead atoms. The smallest absolute Gasteiger partial charge is 0.147 e. The largest absolute Gasteiger partial charge is 0.382 e. The normalized spacial score (nSPS) is 22.6. The molecule has 0 amide bonds. The van der Waals surface area contributed by atoms with Crippen molar-refractivity contribution in [2.24, 2.45) is 5.92 Å². The van der Waals surface area contributed by atoms with Crippen LogP contribution < -0.4 is 11.1 Å². The van der Waals surface area contributed by atoms with Gasteiger partial charge in [-0.15, -0.1) is 0 Å². The summed E-state index contributed by atoms with van der Waals surface area (Å²) in [6, 6.07) is 0.337. The summed E-state index contributed by atoms with van der Waals surface area (Å²) in [6.45, 7) is 3.81. The molecule has 82 valence electrons. The van der Waals surface area contributed by atoms with Crippen molar-refractivity contribution in [1.82, 2.24) is 9.97 Å². The average molecular weight is 208 g/mol. The topological polar surface area (TPSA) is 73.1 Å². The van der Waals surface area contributed by atoms with Crippen LogP contribution in [0, 0.1) is 5.92 Å². The van der Waals surface area contributed by atoms with E-state index in [4.69, 9.17) is 10.5 Å². The van der Waals surface area contributed by atoms with E-state index in [9.17, 15) is 0 Å². The van der Waals surface area contributed by atoms with E-state index in [1.54, 1.807) is 6.20 Å². The summed E-state index contributed by atoms with van der Waals surface area (Å²) in [5.41, 5.74) is 5.55. The van der Waals surface area contributed by atoms with E-state index < -0.39 is 0 Å². The molecule has 2 heterocycles. The summed E-state index contributed by atoms with van der Waals surface area (Å²) in [7, 11) is 0. The second kappa shape index (κ2) is 4.44. The number of nitrogens with two attached hydrogens (primary N) is 1. The Kier molecular flexibility index (Phi) is 3.01. The highest BCUT2D eigenvalue weighted by molar-refractivity contribution is 5.39. The zero-order valence-corrected chi connectivity index (χ0v) is 8.81. The number of hydrogen-bond acceptors (Lipinski definition) is 5. The molecule has 2 unspecified atom stereocenters. The lowest BCUT2D eigenvalue weighted by atomic mass is 10.0. The van der Waals surface area contributed by atoms with E-state index in [1.807, 2.05) is 0 Å². The summed E-state index contributed by atoms with van der Waals surface area (Å²) in [6.07, 6.45) is 4.32. The molecule has 0 aliphatic carbocycles. The number of ether oxygens (including phenoxy) is 1. The SMILES string of the molecule is CC(Nc1cncc(N)n1)C1CCOC1. The Morgan fingerprint density at radius 3 is 3.13 bits per heavy atom. The van der Waals surface area contributed by atoms with E-state index in [2.05, 4.69) is 22.2 Å². The molecule has 1 saturated heterocycles. The number of nitrogens with zero attached hydrogens (tertiary/aromatic N) is 2. The Morgan fingerprint density at radius 2 is 2.47 bits per heavy atom. The first-order chi connectivity index (χ1) is 7.25. The third kappa shape index (κ3) is 2.56. The molecule has 2 rings (SSSR count). The standard InChI is InChI=1S/C10H16N4O/c1-7(8-2-3-15-6-8)13-10-5-12-4-9(11)14-10/h4-5,7-8H,2-3,6H2,1H3,(H3,11,13,14). The quantitative estimate of drug-likeness (QED) is 0.772. The Bertz CT molecular complexity index is 325. The number of nitrogens with one attached hydrogen (secondary N) is 1. The molecule has 0 saturated carbocycles. The van der Waals surface area contributed by atoms with Crippen molar-refractivity contribution in [2.45, 2.75) is 19.4 Å². The minimum Gasteiger partial charge on any atom is -0.382 e. The molecule has 1 aliphatic rings. The van der Waals surface area contributed by atoms with E-state index in [0.29, 0.717) is 17.8 Å². The van der Waals surface area contributed by atoms with Crippen LogP contribution in [-0.4, -0.2) is 29.2 Å². The van der Waals surface area contributed by atoms with Gasteiger partial charge in [-0.25, -0.2) is 4.98 Å². The summed E-state index contributed by atoms with van der Waals surface area (Å²) < 4.78 is 5.34. The lowest BCUT2D eigenvalue weighted by Crippen LogP contribution is -2.26. The summed E-state index contributed by atoms with van der Waals surface area (Å²) in [5.74, 6) is 1.72. The fourth-order valence-corrected chi connectivity index (χ4v) is 1.75. The van der Waals surface area contributed by atoms with Crippen LogP contribution >= 0.6 is 0 Å². The Balaban J connectivity index is 1.95. The Labute approximate surface area is 89.1 Å². The van der Waals surface area contributed by atoms with E-state index >= 15 is 0 Å². The molecule has 1 aliphatic heterocycles. The second-order valence-corrected chi connectivity index (χ2v) is 3.89. The van der Waals surface area contributed by atoms with Crippen molar-refractivity contribution in [2.75, 3.05) is 24.3 Å². The fraction of sp³-hybridized carbons (Fsp3) is 0.600. The molecule has 0 spiro atoms. The summed E-state index contributed by atoms with van der Waals surface area (Å²) >= 11 is 0. The van der Waals surface area contributed by atoms with Crippen molar-refractivity contribution >= 4 is 11.6 Å². The van der Waals surface area contributed by atoms with Gasteiger partial charge in [-0.05, 0) is 13.3 Å². The average Bonchev–Trinajstić information content (AvgIpc) is 2.70. The maximum absolute atomic E-state index is 5.55. The number of aromatic nitrogens is 2. The molecule has 15 heavy (non-hydrogen) atoms. The van der Waals surface area contributed by atoms with Crippen molar-refractivity contribution in [3.8, 4) is 0 Å². The molecule has 1 aromatic heterocycles. The van der Waals surface area contributed by atoms with Crippen LogP contribution in [0.25, 0.3) is 0 Å². The van der Waals surface area contributed by atoms with Gasteiger partial charge in [0, 0.05) is 18.6 Å². The van der Waals surface area contributed by atoms with E-state index in [1.165, 1.54) is 6.20 Å². The number of rotatable bonds is 3. The predicted octanol–water partition coefficient (Wildman–Crippen LogP) is 0.896. The van der Waals surface area contributed by atoms with Gasteiger partial charge in [0.15, 0.2) is 0 Å². The van der Waals surface area contributed by atoms with Gasteiger partial charge in [-0.2, -0.15) is 0 Å². The fourth-order valence-electron chi connectivity index (χ4n) is 1.75.